The fraction of sp³-hybridized carbons (Fsp3) is 0.500. The molecule has 0 unspecified atom stereocenters. The SMILES string of the molecule is C/C(=C\c1ccc(N2CCCCC2)o1)[N+](=O)[O-]. The Bertz CT molecular complexity index is 431. The van der Waals surface area contributed by atoms with Crippen LogP contribution in [0.5, 0.6) is 0 Å². The van der Waals surface area contributed by atoms with Crippen molar-refractivity contribution in [3.05, 3.63) is 33.7 Å². The molecule has 0 aliphatic carbocycles. The van der Waals surface area contributed by atoms with Crippen LogP contribution in [-0.4, -0.2) is 18.0 Å². The molecular weight excluding hydrogens is 220 g/mol. The van der Waals surface area contributed by atoms with Crippen molar-refractivity contribution in [2.45, 2.75) is 26.2 Å². The summed E-state index contributed by atoms with van der Waals surface area (Å²) in [4.78, 5) is 12.3. The van der Waals surface area contributed by atoms with Crippen molar-refractivity contribution in [3.8, 4) is 0 Å². The zero-order valence-electron chi connectivity index (χ0n) is 9.89. The second kappa shape index (κ2) is 5.03. The Kier molecular flexibility index (Phi) is 3.46. The molecule has 0 atom stereocenters. The predicted octanol–water partition coefficient (Wildman–Crippen LogP) is 2.91. The highest BCUT2D eigenvalue weighted by Crippen LogP contribution is 2.23. The fourth-order valence-corrected chi connectivity index (χ4v) is 1.96. The van der Waals surface area contributed by atoms with Gasteiger partial charge in [-0.3, -0.25) is 10.1 Å². The maximum atomic E-state index is 10.5. The first-order chi connectivity index (χ1) is 8.16. The highest BCUT2D eigenvalue weighted by Gasteiger charge is 2.14. The van der Waals surface area contributed by atoms with E-state index < -0.39 is 4.92 Å². The quantitative estimate of drug-likeness (QED) is 0.598. The minimum Gasteiger partial charge on any atom is -0.441 e. The van der Waals surface area contributed by atoms with E-state index in [0.717, 1.165) is 19.0 Å². The van der Waals surface area contributed by atoms with Crippen LogP contribution in [0.3, 0.4) is 0 Å². The van der Waals surface area contributed by atoms with Crippen molar-refractivity contribution < 1.29 is 9.34 Å². The second-order valence-electron chi connectivity index (χ2n) is 4.27. The number of hydrogen-bond donors (Lipinski definition) is 0. The molecule has 2 rings (SSSR count). The van der Waals surface area contributed by atoms with E-state index in [-0.39, 0.29) is 5.70 Å². The van der Waals surface area contributed by atoms with Gasteiger partial charge in [0.15, 0.2) is 5.88 Å². The van der Waals surface area contributed by atoms with Gasteiger partial charge >= 0.3 is 0 Å². The third-order valence-corrected chi connectivity index (χ3v) is 2.92. The summed E-state index contributed by atoms with van der Waals surface area (Å²) in [6, 6.07) is 3.65. The maximum Gasteiger partial charge on any atom is 0.246 e. The molecule has 0 spiro atoms. The zero-order chi connectivity index (χ0) is 12.3. The molecule has 1 aliphatic heterocycles. The van der Waals surface area contributed by atoms with Crippen LogP contribution in [0, 0.1) is 10.1 Å². The van der Waals surface area contributed by atoms with E-state index in [1.165, 1.54) is 32.3 Å². The number of anilines is 1. The zero-order valence-corrected chi connectivity index (χ0v) is 9.89. The Morgan fingerprint density at radius 1 is 1.41 bits per heavy atom. The summed E-state index contributed by atoms with van der Waals surface area (Å²) in [5.41, 5.74) is 0.0875. The Balaban J connectivity index is 2.10. The van der Waals surface area contributed by atoms with E-state index in [1.807, 2.05) is 6.07 Å². The molecule has 2 heterocycles. The Morgan fingerprint density at radius 2 is 2.12 bits per heavy atom. The molecule has 0 aromatic carbocycles. The van der Waals surface area contributed by atoms with E-state index in [2.05, 4.69) is 4.90 Å². The van der Waals surface area contributed by atoms with Gasteiger partial charge in [0.25, 0.3) is 0 Å². The average Bonchev–Trinajstić information content (AvgIpc) is 2.78. The van der Waals surface area contributed by atoms with Crippen LogP contribution in [0.15, 0.2) is 22.2 Å². The molecule has 0 radical (unpaired) electrons. The first-order valence-electron chi connectivity index (χ1n) is 5.84. The largest absolute Gasteiger partial charge is 0.441 e. The number of hydrogen-bond acceptors (Lipinski definition) is 4. The third kappa shape index (κ3) is 2.87. The van der Waals surface area contributed by atoms with Crippen LogP contribution in [0.4, 0.5) is 5.88 Å². The van der Waals surface area contributed by atoms with Crippen molar-refractivity contribution in [1.29, 1.82) is 0 Å². The minimum absolute atomic E-state index is 0.0875. The Morgan fingerprint density at radius 3 is 2.76 bits per heavy atom. The molecule has 0 bridgehead atoms. The van der Waals surface area contributed by atoms with Crippen LogP contribution in [0.2, 0.25) is 0 Å². The lowest BCUT2D eigenvalue weighted by atomic mass is 10.1. The van der Waals surface area contributed by atoms with Gasteiger partial charge in [0.05, 0.1) is 11.0 Å². The number of allylic oxidation sites excluding steroid dienone is 1. The van der Waals surface area contributed by atoms with Gasteiger partial charge in [0, 0.05) is 26.1 Å². The number of furan rings is 1. The molecule has 0 saturated carbocycles. The van der Waals surface area contributed by atoms with Crippen molar-refractivity contribution in [3.63, 3.8) is 0 Å². The molecule has 5 heteroatoms. The van der Waals surface area contributed by atoms with Gasteiger partial charge < -0.3 is 9.32 Å². The number of nitrogens with zero attached hydrogens (tertiary/aromatic N) is 2. The van der Waals surface area contributed by atoms with E-state index >= 15 is 0 Å². The van der Waals surface area contributed by atoms with E-state index in [4.69, 9.17) is 4.42 Å². The topological polar surface area (TPSA) is 59.5 Å². The standard InChI is InChI=1S/C12H16N2O3/c1-10(14(15)16)9-11-5-6-12(17-11)13-7-3-2-4-8-13/h5-6,9H,2-4,7-8H2,1H3/b10-9+. The number of piperidine rings is 1. The van der Waals surface area contributed by atoms with Crippen molar-refractivity contribution >= 4 is 12.0 Å². The van der Waals surface area contributed by atoms with Crippen LogP contribution in [0.1, 0.15) is 31.9 Å². The monoisotopic (exact) mass is 236 g/mol. The number of nitro groups is 1. The summed E-state index contributed by atoms with van der Waals surface area (Å²) in [6.07, 6.45) is 5.08. The highest BCUT2D eigenvalue weighted by atomic mass is 16.6. The molecule has 92 valence electrons. The summed E-state index contributed by atoms with van der Waals surface area (Å²) in [7, 11) is 0. The Labute approximate surface area is 99.9 Å². The van der Waals surface area contributed by atoms with Crippen LogP contribution < -0.4 is 4.90 Å². The predicted molar refractivity (Wildman–Crippen MR) is 65.4 cm³/mol. The molecule has 17 heavy (non-hydrogen) atoms. The first-order valence-corrected chi connectivity index (χ1v) is 5.84. The van der Waals surface area contributed by atoms with Crippen molar-refractivity contribution in [1.82, 2.24) is 0 Å². The molecule has 1 aromatic heterocycles. The van der Waals surface area contributed by atoms with Crippen molar-refractivity contribution in [2.75, 3.05) is 18.0 Å². The normalized spacial score (nSPS) is 17.2. The Hall–Kier alpha value is -1.78. The summed E-state index contributed by atoms with van der Waals surface area (Å²) in [5.74, 6) is 1.35. The molecule has 5 nitrogen and oxygen atoms in total. The smallest absolute Gasteiger partial charge is 0.246 e. The lowest BCUT2D eigenvalue weighted by Crippen LogP contribution is -2.28. The van der Waals surface area contributed by atoms with E-state index in [0.29, 0.717) is 5.76 Å². The van der Waals surface area contributed by atoms with Crippen molar-refractivity contribution in [2.24, 2.45) is 0 Å². The lowest BCUT2D eigenvalue weighted by molar-refractivity contribution is -0.422. The first kappa shape index (κ1) is 11.7. The van der Waals surface area contributed by atoms with Gasteiger partial charge in [-0.2, -0.15) is 0 Å². The molecule has 1 saturated heterocycles. The molecular formula is C12H16N2O3. The third-order valence-electron chi connectivity index (χ3n) is 2.92. The van der Waals surface area contributed by atoms with Gasteiger partial charge in [-0.15, -0.1) is 0 Å². The number of rotatable bonds is 3. The molecule has 1 fully saturated rings. The average molecular weight is 236 g/mol. The summed E-state index contributed by atoms with van der Waals surface area (Å²) >= 11 is 0. The molecule has 0 N–H and O–H groups in total. The van der Waals surface area contributed by atoms with Gasteiger partial charge in [-0.25, -0.2) is 0 Å². The fourth-order valence-electron chi connectivity index (χ4n) is 1.96. The molecule has 0 amide bonds. The highest BCUT2D eigenvalue weighted by molar-refractivity contribution is 5.49. The second-order valence-corrected chi connectivity index (χ2v) is 4.27. The summed E-state index contributed by atoms with van der Waals surface area (Å²) in [6.45, 7) is 3.47. The lowest BCUT2D eigenvalue weighted by Gasteiger charge is -2.25. The van der Waals surface area contributed by atoms with Crippen LogP contribution in [0.25, 0.3) is 6.08 Å². The summed E-state index contributed by atoms with van der Waals surface area (Å²) < 4.78 is 5.59. The van der Waals surface area contributed by atoms with E-state index in [9.17, 15) is 10.1 Å². The van der Waals surface area contributed by atoms with Gasteiger partial charge in [-0.1, -0.05) is 0 Å². The molecule has 1 aliphatic rings. The summed E-state index contributed by atoms with van der Waals surface area (Å²) in [5, 5.41) is 10.5. The van der Waals surface area contributed by atoms with Gasteiger partial charge in [0.2, 0.25) is 5.70 Å². The van der Waals surface area contributed by atoms with Crippen LogP contribution >= 0.6 is 0 Å². The van der Waals surface area contributed by atoms with Gasteiger partial charge in [0.1, 0.15) is 5.76 Å². The van der Waals surface area contributed by atoms with Crippen LogP contribution in [-0.2, 0) is 0 Å². The maximum absolute atomic E-state index is 10.5. The molecule has 1 aromatic rings. The van der Waals surface area contributed by atoms with Gasteiger partial charge in [-0.05, 0) is 25.3 Å². The minimum atomic E-state index is -0.414. The van der Waals surface area contributed by atoms with E-state index in [1.54, 1.807) is 6.07 Å².